The van der Waals surface area contributed by atoms with Gasteiger partial charge in [0.25, 0.3) is 0 Å². The molecule has 1 aromatic heterocycles. The Morgan fingerprint density at radius 3 is 2.62 bits per heavy atom. The molecule has 0 saturated carbocycles. The summed E-state index contributed by atoms with van der Waals surface area (Å²) in [6.07, 6.45) is 0.951. The van der Waals surface area contributed by atoms with E-state index >= 15 is 0 Å². The fourth-order valence-electron chi connectivity index (χ4n) is 3.09. The van der Waals surface area contributed by atoms with Gasteiger partial charge in [0.05, 0.1) is 10.9 Å². The molecule has 0 unspecified atom stereocenters. The van der Waals surface area contributed by atoms with E-state index < -0.39 is 0 Å². The molecule has 0 atom stereocenters. The van der Waals surface area contributed by atoms with Crippen molar-refractivity contribution in [1.82, 2.24) is 9.80 Å². The summed E-state index contributed by atoms with van der Waals surface area (Å²) in [7, 11) is 1.44. The van der Waals surface area contributed by atoms with Crippen molar-refractivity contribution in [3.05, 3.63) is 50.4 Å². The van der Waals surface area contributed by atoms with E-state index in [0.717, 1.165) is 42.1 Å². The highest BCUT2D eigenvalue weighted by atomic mass is 79.9. The Balaban J connectivity index is 1.44. The fraction of sp³-hybridized carbons (Fsp3) is 0.421. The van der Waals surface area contributed by atoms with Crippen LogP contribution in [0.5, 0.6) is 5.75 Å². The fourth-order valence-corrected chi connectivity index (χ4v) is 4.61. The Bertz CT molecular complexity index is 760. The number of carbonyl (C=O) groups excluding carboxylic acids is 1. The summed E-state index contributed by atoms with van der Waals surface area (Å²) in [6, 6.07) is 9.08. The van der Waals surface area contributed by atoms with Crippen LogP contribution in [0.15, 0.2) is 34.1 Å². The number of hydrogen-bond donors (Lipinski definition) is 0. The van der Waals surface area contributed by atoms with Crippen LogP contribution in [0, 0.1) is 5.82 Å². The summed E-state index contributed by atoms with van der Waals surface area (Å²) >= 11 is 5.24. The minimum Gasteiger partial charge on any atom is -0.494 e. The zero-order chi connectivity index (χ0) is 18.5. The van der Waals surface area contributed by atoms with Gasteiger partial charge in [-0.2, -0.15) is 0 Å². The molecule has 4 nitrogen and oxygen atoms in total. The lowest BCUT2D eigenvalue weighted by atomic mass is 10.1. The van der Waals surface area contributed by atoms with Crippen LogP contribution in [0.4, 0.5) is 4.39 Å². The Morgan fingerprint density at radius 2 is 2.00 bits per heavy atom. The van der Waals surface area contributed by atoms with Crippen LogP contribution in [0.1, 0.15) is 16.9 Å². The molecule has 1 aliphatic heterocycles. The average Bonchev–Trinajstić information content (AvgIpc) is 3.05. The standard InChI is InChI=1S/C19H22BrFN2O2S/c1-25-17-5-2-14(12-16(17)21)3-7-19(24)23-10-8-22(9-11-23)13-15-4-6-18(20)26-15/h2,4-6,12H,3,7-11,13H2,1H3. The second-order valence-electron chi connectivity index (χ2n) is 6.33. The van der Waals surface area contributed by atoms with E-state index in [1.165, 1.54) is 18.1 Å². The number of ether oxygens (including phenoxy) is 1. The number of benzene rings is 1. The summed E-state index contributed by atoms with van der Waals surface area (Å²) in [5, 5.41) is 0. The van der Waals surface area contributed by atoms with Crippen molar-refractivity contribution in [2.75, 3.05) is 33.3 Å². The molecule has 7 heteroatoms. The van der Waals surface area contributed by atoms with E-state index in [4.69, 9.17) is 4.74 Å². The maximum absolute atomic E-state index is 13.7. The van der Waals surface area contributed by atoms with Crippen LogP contribution >= 0.6 is 27.3 Å². The smallest absolute Gasteiger partial charge is 0.222 e. The molecule has 0 radical (unpaired) electrons. The summed E-state index contributed by atoms with van der Waals surface area (Å²) in [4.78, 5) is 18.1. The number of thiophene rings is 1. The molecule has 2 heterocycles. The van der Waals surface area contributed by atoms with E-state index in [9.17, 15) is 9.18 Å². The first-order chi connectivity index (χ1) is 12.5. The summed E-state index contributed by atoms with van der Waals surface area (Å²) in [5.74, 6) is -0.0139. The van der Waals surface area contributed by atoms with Crippen molar-refractivity contribution in [1.29, 1.82) is 0 Å². The maximum atomic E-state index is 13.7. The molecule has 2 aromatic rings. The van der Waals surface area contributed by atoms with Gasteiger partial charge in [0, 0.05) is 44.0 Å². The Kier molecular flexibility index (Phi) is 6.67. The van der Waals surface area contributed by atoms with Gasteiger partial charge in [0.2, 0.25) is 5.91 Å². The number of methoxy groups -OCH3 is 1. The number of rotatable bonds is 6. The van der Waals surface area contributed by atoms with Gasteiger partial charge in [-0.05, 0) is 52.2 Å². The largest absolute Gasteiger partial charge is 0.494 e. The van der Waals surface area contributed by atoms with Crippen LogP contribution in [-0.4, -0.2) is 49.0 Å². The van der Waals surface area contributed by atoms with Crippen LogP contribution in [0.2, 0.25) is 0 Å². The van der Waals surface area contributed by atoms with Crippen molar-refractivity contribution in [3.63, 3.8) is 0 Å². The highest BCUT2D eigenvalue weighted by molar-refractivity contribution is 9.11. The van der Waals surface area contributed by atoms with Gasteiger partial charge in [-0.25, -0.2) is 4.39 Å². The zero-order valence-electron chi connectivity index (χ0n) is 14.7. The topological polar surface area (TPSA) is 32.8 Å². The molecule has 0 aliphatic carbocycles. The summed E-state index contributed by atoms with van der Waals surface area (Å²) in [5.41, 5.74) is 0.818. The Labute approximate surface area is 165 Å². The van der Waals surface area contributed by atoms with E-state index in [1.807, 2.05) is 11.0 Å². The molecule has 1 saturated heterocycles. The predicted octanol–water partition coefficient (Wildman–Crippen LogP) is 3.94. The first-order valence-electron chi connectivity index (χ1n) is 8.62. The Morgan fingerprint density at radius 1 is 1.23 bits per heavy atom. The molecule has 1 aromatic carbocycles. The molecule has 3 rings (SSSR count). The van der Waals surface area contributed by atoms with Crippen molar-refractivity contribution in [2.24, 2.45) is 0 Å². The number of piperazine rings is 1. The van der Waals surface area contributed by atoms with Crippen molar-refractivity contribution >= 4 is 33.2 Å². The van der Waals surface area contributed by atoms with Crippen molar-refractivity contribution < 1.29 is 13.9 Å². The lowest BCUT2D eigenvalue weighted by molar-refractivity contribution is -0.132. The van der Waals surface area contributed by atoms with Gasteiger partial charge < -0.3 is 9.64 Å². The third kappa shape index (κ3) is 5.05. The summed E-state index contributed by atoms with van der Waals surface area (Å²) < 4.78 is 19.8. The average molecular weight is 441 g/mol. The first kappa shape index (κ1) is 19.3. The van der Waals surface area contributed by atoms with Crippen LogP contribution < -0.4 is 4.74 Å². The molecule has 0 bridgehead atoms. The highest BCUT2D eigenvalue weighted by Crippen LogP contribution is 2.24. The van der Waals surface area contributed by atoms with Gasteiger partial charge in [-0.3, -0.25) is 9.69 Å². The number of carbonyl (C=O) groups is 1. The van der Waals surface area contributed by atoms with E-state index in [-0.39, 0.29) is 17.5 Å². The molecular formula is C19H22BrFN2O2S. The summed E-state index contributed by atoms with van der Waals surface area (Å²) in [6.45, 7) is 4.21. The monoisotopic (exact) mass is 440 g/mol. The van der Waals surface area contributed by atoms with Crippen LogP contribution in [-0.2, 0) is 17.8 Å². The predicted molar refractivity (Wildman–Crippen MR) is 105 cm³/mol. The van der Waals surface area contributed by atoms with Gasteiger partial charge in [0.15, 0.2) is 11.6 Å². The maximum Gasteiger partial charge on any atom is 0.222 e. The number of amides is 1. The van der Waals surface area contributed by atoms with Crippen LogP contribution in [0.25, 0.3) is 0 Å². The minimum atomic E-state index is -0.383. The van der Waals surface area contributed by atoms with E-state index in [0.29, 0.717) is 12.8 Å². The van der Waals surface area contributed by atoms with E-state index in [1.54, 1.807) is 17.4 Å². The third-order valence-electron chi connectivity index (χ3n) is 4.58. The van der Waals surface area contributed by atoms with E-state index in [2.05, 4.69) is 33.0 Å². The molecule has 1 amide bonds. The lowest BCUT2D eigenvalue weighted by Gasteiger charge is -2.34. The second kappa shape index (κ2) is 8.97. The van der Waals surface area contributed by atoms with Crippen LogP contribution in [0.3, 0.4) is 0 Å². The number of aryl methyl sites for hydroxylation is 1. The van der Waals surface area contributed by atoms with Gasteiger partial charge in [-0.1, -0.05) is 6.07 Å². The molecule has 0 N–H and O–H groups in total. The number of halogens is 2. The Hall–Kier alpha value is -1.44. The molecule has 0 spiro atoms. The zero-order valence-corrected chi connectivity index (χ0v) is 17.1. The van der Waals surface area contributed by atoms with Gasteiger partial charge in [0.1, 0.15) is 0 Å². The molecule has 1 fully saturated rings. The third-order valence-corrected chi connectivity index (χ3v) is 6.19. The number of hydrogen-bond acceptors (Lipinski definition) is 4. The van der Waals surface area contributed by atoms with Crippen molar-refractivity contribution in [2.45, 2.75) is 19.4 Å². The van der Waals surface area contributed by atoms with Gasteiger partial charge >= 0.3 is 0 Å². The SMILES string of the molecule is COc1ccc(CCC(=O)N2CCN(Cc3ccc(Br)s3)CC2)cc1F. The number of nitrogens with zero attached hydrogens (tertiary/aromatic N) is 2. The highest BCUT2D eigenvalue weighted by Gasteiger charge is 2.21. The minimum absolute atomic E-state index is 0.139. The molecule has 26 heavy (non-hydrogen) atoms. The quantitative estimate of drug-likeness (QED) is 0.681. The second-order valence-corrected chi connectivity index (χ2v) is 8.88. The molecule has 140 valence electrons. The first-order valence-corrected chi connectivity index (χ1v) is 10.2. The molecular weight excluding hydrogens is 419 g/mol. The molecule has 1 aliphatic rings. The lowest BCUT2D eigenvalue weighted by Crippen LogP contribution is -2.48. The van der Waals surface area contributed by atoms with Gasteiger partial charge in [-0.15, -0.1) is 11.3 Å². The van der Waals surface area contributed by atoms with Crippen molar-refractivity contribution in [3.8, 4) is 5.75 Å². The normalized spacial score (nSPS) is 15.3.